The van der Waals surface area contributed by atoms with Gasteiger partial charge < -0.3 is 40.5 Å². The monoisotopic (exact) mass is 296 g/mol. The summed E-state index contributed by atoms with van der Waals surface area (Å²) >= 11 is 0. The Morgan fingerprint density at radius 1 is 0.900 bits per heavy atom. The molecule has 10 heteroatoms. The molecule has 0 rings (SSSR count). The molecule has 0 aliphatic carbocycles. The van der Waals surface area contributed by atoms with E-state index >= 15 is 0 Å². The van der Waals surface area contributed by atoms with E-state index in [9.17, 15) is 14.4 Å². The maximum absolute atomic E-state index is 9.90. The van der Waals surface area contributed by atoms with Crippen molar-refractivity contribution >= 4 is 18.2 Å². The van der Waals surface area contributed by atoms with Crippen molar-refractivity contribution in [2.45, 2.75) is 24.4 Å². The fourth-order valence-electron chi connectivity index (χ4n) is 0.761. The molecule has 116 valence electrons. The molecule has 0 radical (unpaired) electrons. The average molecular weight is 296 g/mol. The molecule has 7 N–H and O–H groups in total. The highest BCUT2D eigenvalue weighted by Gasteiger charge is 2.29. The van der Waals surface area contributed by atoms with Gasteiger partial charge in [-0.3, -0.25) is 0 Å². The summed E-state index contributed by atoms with van der Waals surface area (Å²) in [6, 6.07) is 0. The van der Waals surface area contributed by atoms with E-state index in [1.807, 2.05) is 0 Å². The number of aliphatic carboxylic acids is 2. The van der Waals surface area contributed by atoms with Crippen molar-refractivity contribution < 1.29 is 50.1 Å². The molecule has 4 atom stereocenters. The maximum atomic E-state index is 9.90. The van der Waals surface area contributed by atoms with Gasteiger partial charge in [0, 0.05) is 12.2 Å². The Kier molecular flexibility index (Phi) is 11.3. The number of carbonyl (C=O) groups excluding carboxylic acids is 1. The van der Waals surface area contributed by atoms with Crippen LogP contribution >= 0.6 is 0 Å². The van der Waals surface area contributed by atoms with Gasteiger partial charge in [0.05, 0.1) is 6.61 Å². The Balaban J connectivity index is 0. The van der Waals surface area contributed by atoms with Crippen LogP contribution in [0, 0.1) is 0 Å². The van der Waals surface area contributed by atoms with Gasteiger partial charge in [0.1, 0.15) is 24.4 Å². The van der Waals surface area contributed by atoms with Crippen LogP contribution < -0.4 is 0 Å². The zero-order valence-electron chi connectivity index (χ0n) is 10.1. The molecule has 0 amide bonds. The van der Waals surface area contributed by atoms with Crippen molar-refractivity contribution in [3.63, 3.8) is 0 Å². The summed E-state index contributed by atoms with van der Waals surface area (Å²) < 4.78 is 0. The number of rotatable bonds is 7. The first-order valence-electron chi connectivity index (χ1n) is 5.09. The Bertz CT molecular complexity index is 323. The van der Waals surface area contributed by atoms with Crippen LogP contribution in [0.3, 0.4) is 0 Å². The molecule has 0 fully saturated rings. The van der Waals surface area contributed by atoms with Gasteiger partial charge in [-0.25, -0.2) is 9.59 Å². The highest BCUT2D eigenvalue weighted by molar-refractivity contribution is 5.89. The van der Waals surface area contributed by atoms with Crippen LogP contribution in [0.1, 0.15) is 0 Å². The molecule has 20 heavy (non-hydrogen) atoms. The minimum absolute atomic E-state index is 0.0258. The van der Waals surface area contributed by atoms with Gasteiger partial charge in [-0.2, -0.15) is 0 Å². The van der Waals surface area contributed by atoms with Gasteiger partial charge in [0.2, 0.25) is 0 Å². The molecule has 10 nitrogen and oxygen atoms in total. The third kappa shape index (κ3) is 10.1. The number of hydrogen-bond acceptors (Lipinski definition) is 8. The highest BCUT2D eigenvalue weighted by Crippen LogP contribution is 2.02. The lowest BCUT2D eigenvalue weighted by molar-refractivity contribution is -0.136. The molecule has 0 saturated heterocycles. The predicted octanol–water partition coefficient (Wildman–Crippen LogP) is -3.67. The van der Waals surface area contributed by atoms with E-state index in [1.54, 1.807) is 0 Å². The van der Waals surface area contributed by atoms with Crippen LogP contribution in [0.15, 0.2) is 12.2 Å². The summed E-state index contributed by atoms with van der Waals surface area (Å²) in [5, 5.41) is 59.2. The number of hydrogen-bond donors (Lipinski definition) is 7. The average Bonchev–Trinajstić information content (AvgIpc) is 2.42. The third-order valence-corrected chi connectivity index (χ3v) is 1.79. The SMILES string of the molecule is O=C(O)/C=C\C(=O)O.O=CC(O)C(O)C(O)C(O)CO. The molecule has 0 heterocycles. The second kappa shape index (κ2) is 11.0. The van der Waals surface area contributed by atoms with Gasteiger partial charge in [-0.05, 0) is 0 Å². The second-order valence-corrected chi connectivity index (χ2v) is 3.37. The van der Waals surface area contributed by atoms with Crippen molar-refractivity contribution in [3.05, 3.63) is 12.2 Å². The van der Waals surface area contributed by atoms with E-state index in [1.165, 1.54) is 0 Å². The molecule has 0 aromatic carbocycles. The summed E-state index contributed by atoms with van der Waals surface area (Å²) in [5.74, 6) is -2.51. The molecule has 0 aliphatic rings. The van der Waals surface area contributed by atoms with E-state index in [2.05, 4.69) is 0 Å². The molecule has 0 saturated carbocycles. The summed E-state index contributed by atoms with van der Waals surface area (Å²) in [4.78, 5) is 29.0. The Morgan fingerprint density at radius 2 is 1.30 bits per heavy atom. The molecule has 0 spiro atoms. The Labute approximate surface area is 112 Å². The minimum Gasteiger partial charge on any atom is -0.478 e. The van der Waals surface area contributed by atoms with E-state index < -0.39 is 43.0 Å². The van der Waals surface area contributed by atoms with Crippen molar-refractivity contribution in [1.29, 1.82) is 0 Å². The quantitative estimate of drug-likeness (QED) is 0.182. The molecular formula is C10H16O10. The van der Waals surface area contributed by atoms with E-state index in [0.29, 0.717) is 12.2 Å². The van der Waals surface area contributed by atoms with Crippen molar-refractivity contribution in [3.8, 4) is 0 Å². The molecule has 0 bridgehead atoms. The van der Waals surface area contributed by atoms with E-state index in [0.717, 1.165) is 0 Å². The number of aldehydes is 1. The summed E-state index contributed by atoms with van der Waals surface area (Å²) in [6.07, 6.45) is -5.72. The number of carboxylic acids is 2. The first kappa shape index (κ1) is 20.5. The van der Waals surface area contributed by atoms with Gasteiger partial charge in [-0.1, -0.05) is 0 Å². The lowest BCUT2D eigenvalue weighted by Crippen LogP contribution is -2.46. The fraction of sp³-hybridized carbons (Fsp3) is 0.500. The predicted molar refractivity (Wildman–Crippen MR) is 61.6 cm³/mol. The number of carboxylic acid groups (broad SMARTS) is 2. The molecular weight excluding hydrogens is 280 g/mol. The number of aliphatic hydroxyl groups excluding tert-OH is 5. The first-order chi connectivity index (χ1) is 9.17. The van der Waals surface area contributed by atoms with Crippen molar-refractivity contribution in [2.24, 2.45) is 0 Å². The molecule has 4 unspecified atom stereocenters. The van der Waals surface area contributed by atoms with Crippen LogP contribution in [0.25, 0.3) is 0 Å². The first-order valence-corrected chi connectivity index (χ1v) is 5.09. The molecule has 0 aromatic rings. The van der Waals surface area contributed by atoms with Gasteiger partial charge in [-0.15, -0.1) is 0 Å². The second-order valence-electron chi connectivity index (χ2n) is 3.37. The van der Waals surface area contributed by atoms with Gasteiger partial charge >= 0.3 is 11.9 Å². The van der Waals surface area contributed by atoms with E-state index in [4.69, 9.17) is 35.7 Å². The largest absolute Gasteiger partial charge is 0.478 e. The van der Waals surface area contributed by atoms with Crippen LogP contribution in [0.4, 0.5) is 0 Å². The topological polar surface area (TPSA) is 193 Å². The van der Waals surface area contributed by atoms with Crippen LogP contribution in [0.2, 0.25) is 0 Å². The Morgan fingerprint density at radius 3 is 1.55 bits per heavy atom. The van der Waals surface area contributed by atoms with Crippen molar-refractivity contribution in [1.82, 2.24) is 0 Å². The zero-order chi connectivity index (χ0) is 16.3. The van der Waals surface area contributed by atoms with Crippen molar-refractivity contribution in [2.75, 3.05) is 6.61 Å². The fourth-order valence-corrected chi connectivity index (χ4v) is 0.761. The smallest absolute Gasteiger partial charge is 0.328 e. The summed E-state index contributed by atoms with van der Waals surface area (Å²) in [6.45, 7) is -0.760. The van der Waals surface area contributed by atoms with Gasteiger partial charge in [0.15, 0.2) is 6.29 Å². The normalized spacial score (nSPS) is 16.4. The minimum atomic E-state index is -1.79. The zero-order valence-corrected chi connectivity index (χ0v) is 10.1. The van der Waals surface area contributed by atoms with Crippen LogP contribution in [-0.2, 0) is 14.4 Å². The molecule has 0 aliphatic heterocycles. The maximum Gasteiger partial charge on any atom is 0.328 e. The van der Waals surface area contributed by atoms with Crippen LogP contribution in [-0.4, -0.2) is 85.0 Å². The van der Waals surface area contributed by atoms with Gasteiger partial charge in [0.25, 0.3) is 0 Å². The number of carbonyl (C=O) groups is 3. The number of aliphatic hydroxyl groups is 5. The van der Waals surface area contributed by atoms with Crippen LogP contribution in [0.5, 0.6) is 0 Å². The lowest BCUT2D eigenvalue weighted by atomic mass is 10.0. The third-order valence-electron chi connectivity index (χ3n) is 1.79. The standard InChI is InChI=1S/C6H12O6.C4H4O4/c7-1-3(9)5(11)6(12)4(10)2-8;5-3(6)1-2-4(7)8/h1,3-6,8-12H,2H2;1-2H,(H,5,6)(H,7,8)/b;2-1-. The Hall–Kier alpha value is -1.85. The lowest BCUT2D eigenvalue weighted by Gasteiger charge is -2.22. The molecule has 0 aromatic heterocycles. The summed E-state index contributed by atoms with van der Waals surface area (Å²) in [5.41, 5.74) is 0. The highest BCUT2D eigenvalue weighted by atomic mass is 16.4. The van der Waals surface area contributed by atoms with E-state index in [-0.39, 0.29) is 6.29 Å². The summed E-state index contributed by atoms with van der Waals surface area (Å²) in [7, 11) is 0.